The molecule has 1 amide bonds. The molecule has 2 aromatic carbocycles. The number of carboxylic acids is 1. The van der Waals surface area contributed by atoms with Gasteiger partial charge in [0, 0.05) is 18.2 Å². The van der Waals surface area contributed by atoms with Crippen LogP contribution in [0.15, 0.2) is 42.5 Å². The van der Waals surface area contributed by atoms with E-state index in [0.29, 0.717) is 18.0 Å². The molecule has 1 fully saturated rings. The summed E-state index contributed by atoms with van der Waals surface area (Å²) in [4.78, 5) is 25.7. The molecule has 0 radical (unpaired) electrons. The Bertz CT molecular complexity index is 831. The Morgan fingerprint density at radius 1 is 1.11 bits per heavy atom. The highest BCUT2D eigenvalue weighted by Crippen LogP contribution is 2.38. The van der Waals surface area contributed by atoms with Crippen LogP contribution in [0.2, 0.25) is 0 Å². The SMILES string of the molecule is COc1ccc(C2CCCN2C(=O)Cc2ccc(C(=O)O)cc2)c(OC)c1. The zero-order chi connectivity index (χ0) is 19.4. The summed E-state index contributed by atoms with van der Waals surface area (Å²) in [6.45, 7) is 0.700. The van der Waals surface area contributed by atoms with Crippen molar-refractivity contribution in [1.29, 1.82) is 0 Å². The molecule has 1 unspecified atom stereocenters. The van der Waals surface area contributed by atoms with Crippen molar-refractivity contribution < 1.29 is 24.2 Å². The van der Waals surface area contributed by atoms with Crippen molar-refractivity contribution in [1.82, 2.24) is 4.90 Å². The Hall–Kier alpha value is -3.02. The lowest BCUT2D eigenvalue weighted by Crippen LogP contribution is -2.32. The number of carboxylic acid groups (broad SMARTS) is 1. The highest BCUT2D eigenvalue weighted by atomic mass is 16.5. The maximum Gasteiger partial charge on any atom is 0.335 e. The van der Waals surface area contributed by atoms with Crippen molar-refractivity contribution in [2.45, 2.75) is 25.3 Å². The summed E-state index contributed by atoms with van der Waals surface area (Å²) in [7, 11) is 3.22. The van der Waals surface area contributed by atoms with Crippen LogP contribution < -0.4 is 9.47 Å². The van der Waals surface area contributed by atoms with E-state index < -0.39 is 5.97 Å². The molecule has 3 rings (SSSR count). The Kier molecular flexibility index (Phi) is 5.64. The minimum Gasteiger partial charge on any atom is -0.497 e. The smallest absolute Gasteiger partial charge is 0.335 e. The molecule has 0 aliphatic carbocycles. The van der Waals surface area contributed by atoms with E-state index in [1.807, 2.05) is 23.1 Å². The van der Waals surface area contributed by atoms with Gasteiger partial charge in [0.15, 0.2) is 0 Å². The number of aromatic carboxylic acids is 1. The molecule has 1 N–H and O–H groups in total. The summed E-state index contributed by atoms with van der Waals surface area (Å²) in [5.74, 6) is 0.479. The van der Waals surface area contributed by atoms with Crippen LogP contribution in [0.4, 0.5) is 0 Å². The second-order valence-corrected chi connectivity index (χ2v) is 6.53. The van der Waals surface area contributed by atoms with E-state index in [-0.39, 0.29) is 23.9 Å². The fourth-order valence-corrected chi connectivity index (χ4v) is 3.52. The largest absolute Gasteiger partial charge is 0.497 e. The average molecular weight is 369 g/mol. The van der Waals surface area contributed by atoms with Crippen LogP contribution in [-0.4, -0.2) is 42.6 Å². The molecule has 0 bridgehead atoms. The van der Waals surface area contributed by atoms with Gasteiger partial charge >= 0.3 is 5.97 Å². The second kappa shape index (κ2) is 8.12. The van der Waals surface area contributed by atoms with E-state index in [2.05, 4.69) is 0 Å². The standard InChI is InChI=1S/C21H23NO5/c1-26-16-9-10-17(19(13-16)27-2)18-4-3-11-22(18)20(23)12-14-5-7-15(8-6-14)21(24)25/h5-10,13,18H,3-4,11-12H2,1-2H3,(H,24,25). The summed E-state index contributed by atoms with van der Waals surface area (Å²) in [6.07, 6.45) is 2.06. The fourth-order valence-electron chi connectivity index (χ4n) is 3.52. The van der Waals surface area contributed by atoms with Gasteiger partial charge in [-0.1, -0.05) is 12.1 Å². The first-order valence-corrected chi connectivity index (χ1v) is 8.87. The minimum absolute atomic E-state index is 0.0263. The number of hydrogen-bond acceptors (Lipinski definition) is 4. The predicted octanol–water partition coefficient (Wildman–Crippen LogP) is 3.31. The Balaban J connectivity index is 1.77. The molecule has 0 spiro atoms. The molecule has 1 aliphatic heterocycles. The van der Waals surface area contributed by atoms with E-state index >= 15 is 0 Å². The summed E-state index contributed by atoms with van der Waals surface area (Å²) >= 11 is 0. The summed E-state index contributed by atoms with van der Waals surface area (Å²) < 4.78 is 10.8. The average Bonchev–Trinajstić information content (AvgIpc) is 3.17. The first-order chi connectivity index (χ1) is 13.0. The Morgan fingerprint density at radius 3 is 2.48 bits per heavy atom. The molecule has 0 aromatic heterocycles. The number of nitrogens with zero attached hydrogens (tertiary/aromatic N) is 1. The van der Waals surface area contributed by atoms with Gasteiger partial charge in [0.2, 0.25) is 5.91 Å². The molecule has 6 heteroatoms. The summed E-state index contributed by atoms with van der Waals surface area (Å²) in [5, 5.41) is 8.98. The molecule has 1 heterocycles. The van der Waals surface area contributed by atoms with Crippen molar-refractivity contribution in [3.63, 3.8) is 0 Å². The van der Waals surface area contributed by atoms with Crippen LogP contribution >= 0.6 is 0 Å². The van der Waals surface area contributed by atoms with Gasteiger partial charge in [-0.05, 0) is 42.7 Å². The van der Waals surface area contributed by atoms with E-state index in [9.17, 15) is 9.59 Å². The molecule has 6 nitrogen and oxygen atoms in total. The third kappa shape index (κ3) is 4.05. The van der Waals surface area contributed by atoms with Crippen LogP contribution in [-0.2, 0) is 11.2 Å². The molecule has 0 saturated carbocycles. The fraction of sp³-hybridized carbons (Fsp3) is 0.333. The van der Waals surface area contributed by atoms with Gasteiger partial charge in [-0.2, -0.15) is 0 Å². The topological polar surface area (TPSA) is 76.1 Å². The number of carbonyl (C=O) groups is 2. The lowest BCUT2D eigenvalue weighted by atomic mass is 10.0. The van der Waals surface area contributed by atoms with E-state index in [1.54, 1.807) is 26.4 Å². The van der Waals surface area contributed by atoms with Crippen molar-refractivity contribution in [3.05, 3.63) is 59.2 Å². The quantitative estimate of drug-likeness (QED) is 0.845. The highest BCUT2D eigenvalue weighted by Gasteiger charge is 2.31. The minimum atomic E-state index is -0.973. The van der Waals surface area contributed by atoms with Crippen LogP contribution in [0.25, 0.3) is 0 Å². The first-order valence-electron chi connectivity index (χ1n) is 8.87. The van der Waals surface area contributed by atoms with Crippen LogP contribution in [0, 0.1) is 0 Å². The van der Waals surface area contributed by atoms with Crippen molar-refractivity contribution in [3.8, 4) is 11.5 Å². The number of amides is 1. The van der Waals surface area contributed by atoms with Crippen LogP contribution in [0.5, 0.6) is 11.5 Å². The monoisotopic (exact) mass is 369 g/mol. The van der Waals surface area contributed by atoms with Gasteiger partial charge in [-0.25, -0.2) is 4.79 Å². The molecule has 1 atom stereocenters. The number of carbonyl (C=O) groups excluding carboxylic acids is 1. The number of hydrogen-bond donors (Lipinski definition) is 1. The van der Waals surface area contributed by atoms with Crippen LogP contribution in [0.3, 0.4) is 0 Å². The molecular formula is C21H23NO5. The van der Waals surface area contributed by atoms with Gasteiger partial charge in [-0.3, -0.25) is 4.79 Å². The third-order valence-electron chi connectivity index (χ3n) is 4.93. The Labute approximate surface area is 158 Å². The number of benzene rings is 2. The van der Waals surface area contributed by atoms with Crippen molar-refractivity contribution >= 4 is 11.9 Å². The molecule has 1 aliphatic rings. The highest BCUT2D eigenvalue weighted by molar-refractivity contribution is 5.87. The van der Waals surface area contributed by atoms with Crippen LogP contribution in [0.1, 0.15) is 40.4 Å². The number of methoxy groups -OCH3 is 2. The van der Waals surface area contributed by atoms with E-state index in [0.717, 1.165) is 24.0 Å². The molecular weight excluding hydrogens is 346 g/mol. The zero-order valence-electron chi connectivity index (χ0n) is 15.5. The lowest BCUT2D eigenvalue weighted by Gasteiger charge is -2.26. The van der Waals surface area contributed by atoms with Gasteiger partial charge in [-0.15, -0.1) is 0 Å². The lowest BCUT2D eigenvalue weighted by molar-refractivity contribution is -0.131. The summed E-state index contributed by atoms with van der Waals surface area (Å²) in [6, 6.07) is 12.1. The first kappa shape index (κ1) is 18.8. The molecule has 2 aromatic rings. The number of rotatable bonds is 6. The number of ether oxygens (including phenoxy) is 2. The van der Waals surface area contributed by atoms with Gasteiger partial charge in [0.05, 0.1) is 32.2 Å². The van der Waals surface area contributed by atoms with E-state index in [4.69, 9.17) is 14.6 Å². The molecule has 27 heavy (non-hydrogen) atoms. The maximum atomic E-state index is 12.9. The molecule has 1 saturated heterocycles. The Morgan fingerprint density at radius 2 is 1.85 bits per heavy atom. The maximum absolute atomic E-state index is 12.9. The second-order valence-electron chi connectivity index (χ2n) is 6.53. The van der Waals surface area contributed by atoms with Gasteiger partial charge < -0.3 is 19.5 Å². The third-order valence-corrected chi connectivity index (χ3v) is 4.93. The number of likely N-dealkylation sites (tertiary alicyclic amines) is 1. The summed E-state index contributed by atoms with van der Waals surface area (Å²) in [5.41, 5.74) is 2.00. The van der Waals surface area contributed by atoms with Crippen molar-refractivity contribution in [2.24, 2.45) is 0 Å². The van der Waals surface area contributed by atoms with E-state index in [1.165, 1.54) is 12.1 Å². The van der Waals surface area contributed by atoms with Crippen molar-refractivity contribution in [2.75, 3.05) is 20.8 Å². The zero-order valence-corrected chi connectivity index (χ0v) is 15.5. The predicted molar refractivity (Wildman–Crippen MR) is 100 cm³/mol. The normalized spacial score (nSPS) is 16.2. The van der Waals surface area contributed by atoms with Gasteiger partial charge in [0.1, 0.15) is 11.5 Å². The molecule has 142 valence electrons. The van der Waals surface area contributed by atoms with Gasteiger partial charge in [0.25, 0.3) is 0 Å².